The average molecular weight is 325 g/mol. The van der Waals surface area contributed by atoms with Gasteiger partial charge in [-0.2, -0.15) is 0 Å². The smallest absolute Gasteiger partial charge is 0.219 e. The second-order valence-corrected chi connectivity index (χ2v) is 6.58. The maximum absolute atomic E-state index is 6.17. The van der Waals surface area contributed by atoms with E-state index in [0.29, 0.717) is 28.2 Å². The molecule has 0 bridgehead atoms. The molecule has 0 radical (unpaired) electrons. The SMILES string of the molecule is CC(C)(C)NCc1nc(Oc2cccc(Cl)c2)ccc1Cl. The van der Waals surface area contributed by atoms with Gasteiger partial charge in [0.25, 0.3) is 0 Å². The molecule has 0 aliphatic heterocycles. The van der Waals surface area contributed by atoms with E-state index in [0.717, 1.165) is 5.69 Å². The fraction of sp³-hybridized carbons (Fsp3) is 0.312. The van der Waals surface area contributed by atoms with Crippen LogP contribution in [-0.4, -0.2) is 10.5 Å². The third kappa shape index (κ3) is 5.20. The number of hydrogen-bond acceptors (Lipinski definition) is 3. The zero-order valence-electron chi connectivity index (χ0n) is 12.3. The molecule has 0 saturated carbocycles. The molecule has 2 rings (SSSR count). The molecule has 1 heterocycles. The van der Waals surface area contributed by atoms with Gasteiger partial charge in [0, 0.05) is 23.2 Å². The van der Waals surface area contributed by atoms with Gasteiger partial charge >= 0.3 is 0 Å². The fourth-order valence-electron chi connectivity index (χ4n) is 1.65. The Morgan fingerprint density at radius 2 is 1.90 bits per heavy atom. The molecule has 21 heavy (non-hydrogen) atoms. The molecule has 112 valence electrons. The second-order valence-electron chi connectivity index (χ2n) is 5.74. The van der Waals surface area contributed by atoms with Gasteiger partial charge in [-0.3, -0.25) is 0 Å². The Hall–Kier alpha value is -1.29. The predicted octanol–water partition coefficient (Wildman–Crippen LogP) is 5.07. The van der Waals surface area contributed by atoms with Gasteiger partial charge in [0.15, 0.2) is 0 Å². The average Bonchev–Trinajstić information content (AvgIpc) is 2.38. The number of pyridine rings is 1. The summed E-state index contributed by atoms with van der Waals surface area (Å²) in [6.07, 6.45) is 0. The zero-order valence-corrected chi connectivity index (χ0v) is 13.8. The van der Waals surface area contributed by atoms with Gasteiger partial charge in [-0.05, 0) is 45.0 Å². The number of benzene rings is 1. The highest BCUT2D eigenvalue weighted by molar-refractivity contribution is 6.31. The summed E-state index contributed by atoms with van der Waals surface area (Å²) in [7, 11) is 0. The van der Waals surface area contributed by atoms with Crippen molar-refractivity contribution in [1.82, 2.24) is 10.3 Å². The van der Waals surface area contributed by atoms with Gasteiger partial charge in [0.1, 0.15) is 5.75 Å². The van der Waals surface area contributed by atoms with Crippen molar-refractivity contribution < 1.29 is 4.74 Å². The Morgan fingerprint density at radius 1 is 1.14 bits per heavy atom. The van der Waals surface area contributed by atoms with Crippen molar-refractivity contribution in [2.75, 3.05) is 0 Å². The molecule has 5 heteroatoms. The number of nitrogens with one attached hydrogen (secondary N) is 1. The summed E-state index contributed by atoms with van der Waals surface area (Å²) in [5, 5.41) is 4.59. The van der Waals surface area contributed by atoms with Gasteiger partial charge in [0.05, 0.1) is 10.7 Å². The minimum Gasteiger partial charge on any atom is -0.439 e. The minimum atomic E-state index is -0.00513. The van der Waals surface area contributed by atoms with E-state index in [4.69, 9.17) is 27.9 Å². The maximum atomic E-state index is 6.17. The molecule has 0 amide bonds. The largest absolute Gasteiger partial charge is 0.439 e. The van der Waals surface area contributed by atoms with Gasteiger partial charge < -0.3 is 10.1 Å². The Labute approximate surface area is 135 Å². The molecular weight excluding hydrogens is 307 g/mol. The summed E-state index contributed by atoms with van der Waals surface area (Å²) < 4.78 is 5.70. The third-order valence-corrected chi connectivity index (χ3v) is 3.28. The van der Waals surface area contributed by atoms with Crippen LogP contribution in [0.4, 0.5) is 0 Å². The Kier molecular flexibility index (Phi) is 5.09. The van der Waals surface area contributed by atoms with Gasteiger partial charge in [-0.1, -0.05) is 29.3 Å². The monoisotopic (exact) mass is 324 g/mol. The van der Waals surface area contributed by atoms with Crippen LogP contribution in [-0.2, 0) is 6.54 Å². The van der Waals surface area contributed by atoms with Crippen LogP contribution in [0.5, 0.6) is 11.6 Å². The van der Waals surface area contributed by atoms with Crippen LogP contribution in [0.2, 0.25) is 10.0 Å². The lowest BCUT2D eigenvalue weighted by Gasteiger charge is -2.20. The summed E-state index contributed by atoms with van der Waals surface area (Å²) in [5.74, 6) is 1.14. The molecule has 0 aliphatic carbocycles. The van der Waals surface area contributed by atoms with Gasteiger partial charge in [0.2, 0.25) is 5.88 Å². The first kappa shape index (κ1) is 16.1. The van der Waals surface area contributed by atoms with E-state index in [1.807, 2.05) is 12.1 Å². The molecule has 1 N–H and O–H groups in total. The molecule has 3 nitrogen and oxygen atoms in total. The lowest BCUT2D eigenvalue weighted by Crippen LogP contribution is -2.35. The number of nitrogens with zero attached hydrogens (tertiary/aromatic N) is 1. The van der Waals surface area contributed by atoms with Crippen molar-refractivity contribution >= 4 is 23.2 Å². The van der Waals surface area contributed by atoms with Crippen molar-refractivity contribution in [3.63, 3.8) is 0 Å². The van der Waals surface area contributed by atoms with E-state index in [1.165, 1.54) is 0 Å². The van der Waals surface area contributed by atoms with Crippen LogP contribution in [0.3, 0.4) is 0 Å². The molecule has 0 atom stereocenters. The van der Waals surface area contributed by atoms with Gasteiger partial charge in [-0.25, -0.2) is 4.98 Å². The standard InChI is InChI=1S/C16H18Cl2N2O/c1-16(2,3)19-10-14-13(18)7-8-15(20-14)21-12-6-4-5-11(17)9-12/h4-9,19H,10H2,1-3H3. The molecule has 2 aromatic rings. The summed E-state index contributed by atoms with van der Waals surface area (Å²) in [5.41, 5.74) is 0.751. The topological polar surface area (TPSA) is 34.2 Å². The van der Waals surface area contributed by atoms with Crippen molar-refractivity contribution in [2.45, 2.75) is 32.9 Å². The molecule has 1 aromatic carbocycles. The summed E-state index contributed by atoms with van der Waals surface area (Å²) in [6.45, 7) is 6.85. The summed E-state index contributed by atoms with van der Waals surface area (Å²) in [4.78, 5) is 4.44. The van der Waals surface area contributed by atoms with E-state index >= 15 is 0 Å². The molecule has 0 spiro atoms. The molecule has 0 fully saturated rings. The molecular formula is C16H18Cl2N2O. The van der Waals surface area contributed by atoms with E-state index in [9.17, 15) is 0 Å². The Bertz CT molecular complexity index is 624. The fourth-order valence-corrected chi connectivity index (χ4v) is 2.00. The van der Waals surface area contributed by atoms with Crippen LogP contribution < -0.4 is 10.1 Å². The normalized spacial score (nSPS) is 11.5. The van der Waals surface area contributed by atoms with Gasteiger partial charge in [-0.15, -0.1) is 0 Å². The van der Waals surface area contributed by atoms with Crippen LogP contribution in [0, 0.1) is 0 Å². The number of hydrogen-bond donors (Lipinski definition) is 1. The molecule has 0 unspecified atom stereocenters. The quantitative estimate of drug-likeness (QED) is 0.852. The Balaban J connectivity index is 2.14. The van der Waals surface area contributed by atoms with Crippen LogP contribution in [0.1, 0.15) is 26.5 Å². The maximum Gasteiger partial charge on any atom is 0.219 e. The molecule has 0 aliphatic rings. The van der Waals surface area contributed by atoms with E-state index in [1.54, 1.807) is 24.3 Å². The van der Waals surface area contributed by atoms with E-state index < -0.39 is 0 Å². The predicted molar refractivity (Wildman–Crippen MR) is 87.4 cm³/mol. The highest BCUT2D eigenvalue weighted by Crippen LogP contribution is 2.25. The lowest BCUT2D eigenvalue weighted by molar-refractivity contribution is 0.416. The highest BCUT2D eigenvalue weighted by Gasteiger charge is 2.12. The first-order valence-corrected chi connectivity index (χ1v) is 7.43. The number of halogens is 2. The first-order chi connectivity index (χ1) is 9.83. The number of aromatic nitrogens is 1. The van der Waals surface area contributed by atoms with Crippen molar-refractivity contribution in [3.8, 4) is 11.6 Å². The Morgan fingerprint density at radius 3 is 2.57 bits per heavy atom. The van der Waals surface area contributed by atoms with Crippen molar-refractivity contribution in [3.05, 3.63) is 52.1 Å². The van der Waals surface area contributed by atoms with Crippen LogP contribution >= 0.6 is 23.2 Å². The van der Waals surface area contributed by atoms with E-state index in [-0.39, 0.29) is 5.54 Å². The number of ether oxygens (including phenoxy) is 1. The molecule has 1 aromatic heterocycles. The van der Waals surface area contributed by atoms with Crippen LogP contribution in [0.15, 0.2) is 36.4 Å². The van der Waals surface area contributed by atoms with E-state index in [2.05, 4.69) is 31.1 Å². The lowest BCUT2D eigenvalue weighted by atomic mass is 10.1. The first-order valence-electron chi connectivity index (χ1n) is 6.67. The zero-order chi connectivity index (χ0) is 15.5. The van der Waals surface area contributed by atoms with Crippen molar-refractivity contribution in [2.24, 2.45) is 0 Å². The summed E-state index contributed by atoms with van der Waals surface area (Å²) in [6, 6.07) is 10.7. The summed E-state index contributed by atoms with van der Waals surface area (Å²) >= 11 is 12.1. The molecule has 0 saturated heterocycles. The number of rotatable bonds is 4. The minimum absolute atomic E-state index is 0.00513. The van der Waals surface area contributed by atoms with Crippen molar-refractivity contribution in [1.29, 1.82) is 0 Å². The third-order valence-electron chi connectivity index (χ3n) is 2.70. The second kappa shape index (κ2) is 6.65. The van der Waals surface area contributed by atoms with Crippen LogP contribution in [0.25, 0.3) is 0 Å². The highest BCUT2D eigenvalue weighted by atomic mass is 35.5.